The number of benzene rings is 2. The summed E-state index contributed by atoms with van der Waals surface area (Å²) in [6, 6.07) is 13.0. The number of carbonyl (C=O) groups is 1. The number of hydrogen-bond acceptors (Lipinski definition) is 4. The first-order valence-electron chi connectivity index (χ1n) is 8.41. The third kappa shape index (κ3) is 5.50. The van der Waals surface area contributed by atoms with E-state index in [1.54, 1.807) is 12.1 Å². The number of hydrogen-bond donors (Lipinski definition) is 1. The smallest absolute Gasteiger partial charge is 0.228 e. The molecule has 0 fully saturated rings. The molecule has 26 heavy (non-hydrogen) atoms. The van der Waals surface area contributed by atoms with Crippen molar-refractivity contribution < 1.29 is 14.3 Å². The van der Waals surface area contributed by atoms with Crippen molar-refractivity contribution in [3.63, 3.8) is 0 Å². The van der Waals surface area contributed by atoms with Crippen molar-refractivity contribution in [3.05, 3.63) is 52.0 Å². The van der Waals surface area contributed by atoms with E-state index in [1.807, 2.05) is 38.1 Å². The zero-order valence-electron chi connectivity index (χ0n) is 14.8. The molecule has 5 nitrogen and oxygen atoms in total. The predicted molar refractivity (Wildman–Crippen MR) is 105 cm³/mol. The summed E-state index contributed by atoms with van der Waals surface area (Å²) < 4.78 is 12.0. The van der Waals surface area contributed by atoms with Crippen molar-refractivity contribution in [2.75, 3.05) is 18.5 Å². The monoisotopic (exact) mass is 416 g/mol. The average molecular weight is 417 g/mol. The summed E-state index contributed by atoms with van der Waals surface area (Å²) in [6.07, 6.45) is 0.556. The molecule has 0 unspecified atom stereocenters. The van der Waals surface area contributed by atoms with Crippen LogP contribution in [0.1, 0.15) is 25.0 Å². The molecule has 136 valence electrons. The van der Waals surface area contributed by atoms with Crippen LogP contribution < -0.4 is 14.8 Å². The summed E-state index contributed by atoms with van der Waals surface area (Å²) in [6.45, 7) is 4.86. The maximum atomic E-state index is 12.4. The first kappa shape index (κ1) is 19.8. The van der Waals surface area contributed by atoms with E-state index < -0.39 is 0 Å². The van der Waals surface area contributed by atoms with Crippen LogP contribution in [-0.4, -0.2) is 19.1 Å². The van der Waals surface area contributed by atoms with E-state index in [-0.39, 0.29) is 12.3 Å². The Bertz CT molecular complexity index is 798. The summed E-state index contributed by atoms with van der Waals surface area (Å²) in [5, 5.41) is 11.6. The minimum Gasteiger partial charge on any atom is -0.490 e. The first-order valence-corrected chi connectivity index (χ1v) is 9.20. The maximum Gasteiger partial charge on any atom is 0.228 e. The van der Waals surface area contributed by atoms with E-state index in [0.717, 1.165) is 15.6 Å². The molecule has 0 aliphatic rings. The number of nitriles is 1. The van der Waals surface area contributed by atoms with Gasteiger partial charge in [0.2, 0.25) is 5.91 Å². The molecule has 0 bridgehead atoms. The lowest BCUT2D eigenvalue weighted by atomic mass is 10.1. The van der Waals surface area contributed by atoms with Gasteiger partial charge in [-0.3, -0.25) is 4.79 Å². The van der Waals surface area contributed by atoms with Crippen LogP contribution in [0.25, 0.3) is 0 Å². The Morgan fingerprint density at radius 2 is 1.73 bits per heavy atom. The van der Waals surface area contributed by atoms with Crippen LogP contribution in [0, 0.1) is 11.3 Å². The highest BCUT2D eigenvalue weighted by molar-refractivity contribution is 9.10. The van der Waals surface area contributed by atoms with Gasteiger partial charge in [0.15, 0.2) is 11.5 Å². The van der Waals surface area contributed by atoms with Crippen molar-refractivity contribution in [1.82, 2.24) is 0 Å². The van der Waals surface area contributed by atoms with Gasteiger partial charge in [0.05, 0.1) is 32.1 Å². The first-order chi connectivity index (χ1) is 12.6. The summed E-state index contributed by atoms with van der Waals surface area (Å²) in [5.41, 5.74) is 2.43. The van der Waals surface area contributed by atoms with E-state index in [2.05, 4.69) is 27.3 Å². The highest BCUT2D eigenvalue weighted by atomic mass is 79.9. The second kappa shape index (κ2) is 9.83. The standard InChI is InChI=1S/C20H21BrN2O3/c1-3-25-18-11-15(17(21)13-19(18)26-4-2)12-20(24)23-16-7-5-14(6-8-16)9-10-22/h5-8,11,13H,3-4,9,12H2,1-2H3,(H,23,24). The lowest BCUT2D eigenvalue weighted by molar-refractivity contribution is -0.115. The molecule has 0 atom stereocenters. The molecule has 2 aromatic rings. The number of rotatable bonds is 8. The highest BCUT2D eigenvalue weighted by Crippen LogP contribution is 2.34. The Morgan fingerprint density at radius 1 is 1.12 bits per heavy atom. The van der Waals surface area contributed by atoms with Gasteiger partial charge in [0.1, 0.15) is 0 Å². The number of anilines is 1. The average Bonchev–Trinajstić information content (AvgIpc) is 2.61. The van der Waals surface area contributed by atoms with E-state index in [9.17, 15) is 4.79 Å². The second-order valence-electron chi connectivity index (χ2n) is 5.51. The van der Waals surface area contributed by atoms with Gasteiger partial charge < -0.3 is 14.8 Å². The van der Waals surface area contributed by atoms with Crippen LogP contribution in [0.5, 0.6) is 11.5 Å². The fourth-order valence-electron chi connectivity index (χ4n) is 2.42. The van der Waals surface area contributed by atoms with Crippen LogP contribution in [0.2, 0.25) is 0 Å². The molecule has 0 saturated heterocycles. The molecule has 2 aromatic carbocycles. The molecule has 6 heteroatoms. The van der Waals surface area contributed by atoms with E-state index in [0.29, 0.717) is 36.8 Å². The maximum absolute atomic E-state index is 12.4. The van der Waals surface area contributed by atoms with Crippen molar-refractivity contribution in [3.8, 4) is 17.6 Å². The number of amides is 1. The Labute approximate surface area is 162 Å². The summed E-state index contributed by atoms with van der Waals surface area (Å²) in [4.78, 5) is 12.4. The van der Waals surface area contributed by atoms with E-state index in [1.165, 1.54) is 0 Å². The normalized spacial score (nSPS) is 10.1. The van der Waals surface area contributed by atoms with Crippen molar-refractivity contribution in [2.24, 2.45) is 0 Å². The van der Waals surface area contributed by atoms with Crippen molar-refractivity contribution in [2.45, 2.75) is 26.7 Å². The van der Waals surface area contributed by atoms with E-state index >= 15 is 0 Å². The number of halogens is 1. The fraction of sp³-hybridized carbons (Fsp3) is 0.300. The zero-order chi connectivity index (χ0) is 18.9. The van der Waals surface area contributed by atoms with Crippen LogP contribution in [-0.2, 0) is 17.6 Å². The number of ether oxygens (including phenoxy) is 2. The van der Waals surface area contributed by atoms with Gasteiger partial charge in [-0.2, -0.15) is 5.26 Å². The molecule has 2 rings (SSSR count). The SMILES string of the molecule is CCOc1cc(Br)c(CC(=O)Nc2ccc(CC#N)cc2)cc1OCC. The lowest BCUT2D eigenvalue weighted by Crippen LogP contribution is -2.15. The minimum absolute atomic E-state index is 0.134. The fourth-order valence-corrected chi connectivity index (χ4v) is 2.89. The van der Waals surface area contributed by atoms with Gasteiger partial charge in [0, 0.05) is 10.2 Å². The molecule has 0 spiro atoms. The van der Waals surface area contributed by atoms with Gasteiger partial charge in [-0.15, -0.1) is 0 Å². The topological polar surface area (TPSA) is 71.3 Å². The molecule has 0 aliphatic heterocycles. The molecular formula is C20H21BrN2O3. The Kier molecular flexibility index (Phi) is 7.49. The number of carbonyl (C=O) groups excluding carboxylic acids is 1. The molecule has 1 amide bonds. The molecule has 1 N–H and O–H groups in total. The molecule has 0 heterocycles. The van der Waals surface area contributed by atoms with Crippen LogP contribution in [0.4, 0.5) is 5.69 Å². The van der Waals surface area contributed by atoms with Crippen LogP contribution in [0.15, 0.2) is 40.9 Å². The number of nitrogens with zero attached hydrogens (tertiary/aromatic N) is 1. The molecule has 0 aromatic heterocycles. The predicted octanol–water partition coefficient (Wildman–Crippen LogP) is 4.49. The number of nitrogens with one attached hydrogen (secondary N) is 1. The molecular weight excluding hydrogens is 396 g/mol. The third-order valence-corrected chi connectivity index (χ3v) is 4.32. The Hall–Kier alpha value is -2.52. The molecule has 0 saturated carbocycles. The summed E-state index contributed by atoms with van der Waals surface area (Å²) in [5.74, 6) is 1.14. The Balaban J connectivity index is 2.10. The second-order valence-corrected chi connectivity index (χ2v) is 6.37. The van der Waals surface area contributed by atoms with Gasteiger partial charge in [-0.05, 0) is 49.2 Å². The molecule has 0 aliphatic carbocycles. The lowest BCUT2D eigenvalue weighted by Gasteiger charge is -2.14. The van der Waals surface area contributed by atoms with Gasteiger partial charge in [-0.1, -0.05) is 28.1 Å². The largest absolute Gasteiger partial charge is 0.490 e. The Morgan fingerprint density at radius 3 is 2.31 bits per heavy atom. The van der Waals surface area contributed by atoms with Crippen LogP contribution >= 0.6 is 15.9 Å². The highest BCUT2D eigenvalue weighted by Gasteiger charge is 2.13. The van der Waals surface area contributed by atoms with Gasteiger partial charge in [-0.25, -0.2) is 0 Å². The van der Waals surface area contributed by atoms with Gasteiger partial charge in [0.25, 0.3) is 0 Å². The quantitative estimate of drug-likeness (QED) is 0.687. The summed E-state index contributed by atoms with van der Waals surface area (Å²) >= 11 is 3.50. The van der Waals surface area contributed by atoms with Crippen molar-refractivity contribution >= 4 is 27.5 Å². The van der Waals surface area contributed by atoms with Gasteiger partial charge >= 0.3 is 0 Å². The third-order valence-electron chi connectivity index (χ3n) is 3.58. The summed E-state index contributed by atoms with van der Waals surface area (Å²) in [7, 11) is 0. The zero-order valence-corrected chi connectivity index (χ0v) is 16.4. The van der Waals surface area contributed by atoms with Crippen LogP contribution in [0.3, 0.4) is 0 Å². The van der Waals surface area contributed by atoms with E-state index in [4.69, 9.17) is 14.7 Å². The minimum atomic E-state index is -0.134. The molecule has 0 radical (unpaired) electrons. The van der Waals surface area contributed by atoms with Crippen molar-refractivity contribution in [1.29, 1.82) is 5.26 Å².